The van der Waals surface area contributed by atoms with Gasteiger partial charge in [0.1, 0.15) is 17.5 Å². The molecule has 11 heteroatoms. The molecule has 0 bridgehead atoms. The Morgan fingerprint density at radius 2 is 1.88 bits per heavy atom. The van der Waals surface area contributed by atoms with Gasteiger partial charge < -0.3 is 20.9 Å². The third-order valence-electron chi connectivity index (χ3n) is 5.88. The van der Waals surface area contributed by atoms with Crippen molar-refractivity contribution >= 4 is 29.2 Å². The number of anilines is 4. The number of pyridine rings is 1. The molecule has 8 nitrogen and oxygen atoms in total. The molecule has 1 fully saturated rings. The monoisotopic (exact) mass is 449 g/mol. The van der Waals surface area contributed by atoms with Crippen LogP contribution in [0.15, 0.2) is 18.3 Å². The molecule has 3 heterocycles. The summed E-state index contributed by atoms with van der Waals surface area (Å²) in [5, 5.41) is 9.26. The highest BCUT2D eigenvalue weighted by Crippen LogP contribution is 2.35. The highest BCUT2D eigenvalue weighted by molar-refractivity contribution is 6.03. The lowest BCUT2D eigenvalue weighted by atomic mass is 9.87. The molecule has 1 aliphatic heterocycles. The third-order valence-corrected chi connectivity index (χ3v) is 5.88. The van der Waals surface area contributed by atoms with E-state index in [-0.39, 0.29) is 35.8 Å². The third kappa shape index (κ3) is 4.28. The SMILES string of the molecule is Cc1nc(NC2CC(Nc3cc(C(F)(F)F)ccn3)C2)nc2c1NC(=O)C(C(C)C)N2C. The number of hydrogen-bond donors (Lipinski definition) is 3. The Morgan fingerprint density at radius 3 is 2.53 bits per heavy atom. The number of likely N-dealkylation sites (N-methyl/N-ethyl adjacent to an activating group) is 1. The number of nitrogens with one attached hydrogen (secondary N) is 3. The van der Waals surface area contributed by atoms with Gasteiger partial charge in [-0.3, -0.25) is 4.79 Å². The van der Waals surface area contributed by atoms with E-state index in [0.29, 0.717) is 36.0 Å². The lowest BCUT2D eigenvalue weighted by Crippen LogP contribution is -2.50. The molecule has 0 saturated heterocycles. The molecule has 1 saturated carbocycles. The van der Waals surface area contributed by atoms with E-state index >= 15 is 0 Å². The highest BCUT2D eigenvalue weighted by Gasteiger charge is 2.36. The second-order valence-electron chi connectivity index (χ2n) is 8.70. The van der Waals surface area contributed by atoms with Gasteiger partial charge in [-0.25, -0.2) is 9.97 Å². The van der Waals surface area contributed by atoms with Gasteiger partial charge in [0.25, 0.3) is 0 Å². The van der Waals surface area contributed by atoms with Crippen molar-refractivity contribution in [2.75, 3.05) is 27.9 Å². The first-order valence-corrected chi connectivity index (χ1v) is 10.5. The van der Waals surface area contributed by atoms with E-state index < -0.39 is 11.7 Å². The van der Waals surface area contributed by atoms with E-state index in [2.05, 4.69) is 30.9 Å². The fraction of sp³-hybridized carbons (Fsp3) is 0.524. The minimum absolute atomic E-state index is 0.00879. The highest BCUT2D eigenvalue weighted by atomic mass is 19.4. The largest absolute Gasteiger partial charge is 0.416 e. The van der Waals surface area contributed by atoms with E-state index in [1.807, 2.05) is 32.7 Å². The number of carbonyl (C=O) groups excluding carboxylic acids is 1. The van der Waals surface area contributed by atoms with Crippen LogP contribution in [0.4, 0.5) is 36.4 Å². The van der Waals surface area contributed by atoms with Gasteiger partial charge in [-0.2, -0.15) is 18.2 Å². The number of alkyl halides is 3. The Morgan fingerprint density at radius 1 is 1.19 bits per heavy atom. The summed E-state index contributed by atoms with van der Waals surface area (Å²) in [6, 6.07) is 1.75. The topological polar surface area (TPSA) is 95.1 Å². The molecule has 3 N–H and O–H groups in total. The molecule has 2 aromatic heterocycles. The quantitative estimate of drug-likeness (QED) is 0.641. The summed E-state index contributed by atoms with van der Waals surface area (Å²) in [4.78, 5) is 27.4. The summed E-state index contributed by atoms with van der Waals surface area (Å²) < 4.78 is 38.6. The lowest BCUT2D eigenvalue weighted by molar-refractivity contribution is -0.137. The van der Waals surface area contributed by atoms with Gasteiger partial charge in [0.15, 0.2) is 5.82 Å². The number of halogens is 3. The molecule has 0 aromatic carbocycles. The second kappa shape index (κ2) is 8.10. The normalized spacial score (nSPS) is 22.8. The van der Waals surface area contributed by atoms with Crippen molar-refractivity contribution in [3.63, 3.8) is 0 Å². The molecule has 4 rings (SSSR count). The summed E-state index contributed by atoms with van der Waals surface area (Å²) in [6.07, 6.45) is -1.86. The number of carbonyl (C=O) groups is 1. The Bertz CT molecular complexity index is 1020. The van der Waals surface area contributed by atoms with E-state index in [4.69, 9.17) is 0 Å². The van der Waals surface area contributed by atoms with Crippen LogP contribution in [0.3, 0.4) is 0 Å². The van der Waals surface area contributed by atoms with Crippen molar-refractivity contribution in [2.45, 2.75) is 57.9 Å². The van der Waals surface area contributed by atoms with Gasteiger partial charge in [-0.15, -0.1) is 0 Å². The minimum atomic E-state index is -4.40. The van der Waals surface area contributed by atoms with Crippen molar-refractivity contribution in [1.29, 1.82) is 0 Å². The van der Waals surface area contributed by atoms with Gasteiger partial charge in [0.2, 0.25) is 11.9 Å². The zero-order chi connectivity index (χ0) is 23.2. The molecule has 1 atom stereocenters. The van der Waals surface area contributed by atoms with Crippen molar-refractivity contribution in [3.8, 4) is 0 Å². The first kappa shape index (κ1) is 22.1. The predicted molar refractivity (Wildman–Crippen MR) is 116 cm³/mol. The Labute approximate surface area is 184 Å². The van der Waals surface area contributed by atoms with Crippen LogP contribution in [0.2, 0.25) is 0 Å². The standard InChI is InChI=1S/C21H26F3N7O/c1-10(2)17-19(32)29-16-11(3)26-20(30-18(16)31(17)4)28-14-8-13(9-14)27-15-7-12(5-6-25-15)21(22,23)24/h5-7,10,13-14,17H,8-9H2,1-4H3,(H,25,27)(H,29,32)(H,26,28,30). The van der Waals surface area contributed by atoms with Crippen molar-refractivity contribution in [2.24, 2.45) is 5.92 Å². The number of rotatable bonds is 5. The van der Waals surface area contributed by atoms with Crippen molar-refractivity contribution in [1.82, 2.24) is 15.0 Å². The molecule has 0 radical (unpaired) electrons. The second-order valence-corrected chi connectivity index (χ2v) is 8.70. The Hall–Kier alpha value is -3.11. The lowest BCUT2D eigenvalue weighted by Gasteiger charge is -2.38. The van der Waals surface area contributed by atoms with Crippen LogP contribution in [0.25, 0.3) is 0 Å². The maximum Gasteiger partial charge on any atom is 0.416 e. The molecule has 1 aliphatic carbocycles. The molecular weight excluding hydrogens is 423 g/mol. The summed E-state index contributed by atoms with van der Waals surface area (Å²) in [5.74, 6) is 1.38. The van der Waals surface area contributed by atoms with Crippen LogP contribution in [-0.4, -0.2) is 46.0 Å². The summed E-state index contributed by atoms with van der Waals surface area (Å²) in [7, 11) is 1.85. The predicted octanol–water partition coefficient (Wildman–Crippen LogP) is 3.67. The van der Waals surface area contributed by atoms with Gasteiger partial charge in [0, 0.05) is 25.3 Å². The maximum absolute atomic E-state index is 12.9. The number of fused-ring (bicyclic) bond motifs is 1. The zero-order valence-corrected chi connectivity index (χ0v) is 18.3. The van der Waals surface area contributed by atoms with Crippen molar-refractivity contribution < 1.29 is 18.0 Å². The van der Waals surface area contributed by atoms with Gasteiger partial charge in [-0.1, -0.05) is 13.8 Å². The Kier molecular flexibility index (Phi) is 5.59. The number of hydrogen-bond acceptors (Lipinski definition) is 7. The van der Waals surface area contributed by atoms with Crippen LogP contribution in [0, 0.1) is 12.8 Å². The van der Waals surface area contributed by atoms with Crippen LogP contribution in [-0.2, 0) is 11.0 Å². The summed E-state index contributed by atoms with van der Waals surface area (Å²) in [5.41, 5.74) is 0.559. The van der Waals surface area contributed by atoms with Gasteiger partial charge in [0.05, 0.1) is 11.3 Å². The molecule has 172 valence electrons. The molecular formula is C21H26F3N7O. The number of aromatic nitrogens is 3. The van der Waals surface area contributed by atoms with Crippen LogP contribution >= 0.6 is 0 Å². The van der Waals surface area contributed by atoms with E-state index in [0.717, 1.165) is 18.3 Å². The molecule has 0 spiro atoms. The maximum atomic E-state index is 12.9. The zero-order valence-electron chi connectivity index (χ0n) is 18.3. The number of nitrogens with zero attached hydrogens (tertiary/aromatic N) is 4. The van der Waals surface area contributed by atoms with E-state index in [1.165, 1.54) is 0 Å². The average molecular weight is 449 g/mol. The fourth-order valence-corrected chi connectivity index (χ4v) is 4.21. The number of amides is 1. The van der Waals surface area contributed by atoms with E-state index in [9.17, 15) is 18.0 Å². The molecule has 1 unspecified atom stereocenters. The Balaban J connectivity index is 1.40. The van der Waals surface area contributed by atoms with Crippen LogP contribution < -0.4 is 20.9 Å². The van der Waals surface area contributed by atoms with Crippen LogP contribution in [0.1, 0.15) is 37.9 Å². The minimum Gasteiger partial charge on any atom is -0.367 e. The number of aryl methyl sites for hydroxylation is 1. The van der Waals surface area contributed by atoms with Gasteiger partial charge >= 0.3 is 6.18 Å². The van der Waals surface area contributed by atoms with Crippen molar-refractivity contribution in [3.05, 3.63) is 29.6 Å². The van der Waals surface area contributed by atoms with E-state index in [1.54, 1.807) is 0 Å². The smallest absolute Gasteiger partial charge is 0.367 e. The van der Waals surface area contributed by atoms with Gasteiger partial charge in [-0.05, 0) is 37.8 Å². The van der Waals surface area contributed by atoms with Crippen LogP contribution in [0.5, 0.6) is 0 Å². The molecule has 1 amide bonds. The molecule has 2 aromatic rings. The first-order chi connectivity index (χ1) is 15.0. The summed E-state index contributed by atoms with van der Waals surface area (Å²) in [6.45, 7) is 5.79. The first-order valence-electron chi connectivity index (χ1n) is 10.5. The molecule has 2 aliphatic rings. The summed E-state index contributed by atoms with van der Waals surface area (Å²) >= 11 is 0. The fourth-order valence-electron chi connectivity index (χ4n) is 4.21. The average Bonchev–Trinajstić information content (AvgIpc) is 2.66. The molecule has 32 heavy (non-hydrogen) atoms.